The van der Waals surface area contributed by atoms with Crippen LogP contribution in [0.15, 0.2) is 30.3 Å². The molecule has 0 aliphatic rings. The summed E-state index contributed by atoms with van der Waals surface area (Å²) in [6.45, 7) is 8.12. The van der Waals surface area contributed by atoms with E-state index >= 15 is 0 Å². The van der Waals surface area contributed by atoms with Crippen molar-refractivity contribution < 1.29 is 14.2 Å². The lowest BCUT2D eigenvalue weighted by Gasteiger charge is -2.07. The Hall–Kier alpha value is -2.16. The number of pyridine rings is 1. The highest BCUT2D eigenvalue weighted by Gasteiger charge is 2.08. The average molecular weight is 258 g/mol. The third-order valence-corrected chi connectivity index (χ3v) is 2.51. The van der Waals surface area contributed by atoms with Gasteiger partial charge in [0.15, 0.2) is 12.5 Å². The first kappa shape index (κ1) is 13.3. The molecule has 0 saturated heterocycles. The molecule has 0 unspecified atom stereocenters. The Kier molecular flexibility index (Phi) is 4.67. The first-order valence-corrected chi connectivity index (χ1v) is 5.82. The smallest absolute Gasteiger partial charge is 0.270 e. The zero-order valence-corrected chi connectivity index (χ0v) is 10.6. The molecule has 0 aliphatic heterocycles. The van der Waals surface area contributed by atoms with Crippen molar-refractivity contribution in [2.75, 3.05) is 27.1 Å². The van der Waals surface area contributed by atoms with E-state index in [-0.39, 0.29) is 6.79 Å². The van der Waals surface area contributed by atoms with Crippen LogP contribution in [0.25, 0.3) is 15.7 Å². The van der Waals surface area contributed by atoms with Crippen LogP contribution in [0.3, 0.4) is 0 Å². The van der Waals surface area contributed by atoms with E-state index in [1.807, 2.05) is 24.3 Å². The fourth-order valence-corrected chi connectivity index (χ4v) is 1.59. The van der Waals surface area contributed by atoms with Gasteiger partial charge in [0.1, 0.15) is 0 Å². The maximum Gasteiger partial charge on any atom is 0.270 e. The standard InChI is InChI=1S/C14H14N2O3/c1-15-13-7-6-11-4-3-5-12(14(11)16-13)19-10-18-9-8-17-2/h3-7H,8-10H2,2H3. The van der Waals surface area contributed by atoms with Gasteiger partial charge in [-0.25, -0.2) is 0 Å². The second kappa shape index (κ2) is 6.69. The van der Waals surface area contributed by atoms with Crippen molar-refractivity contribution in [1.82, 2.24) is 4.98 Å². The summed E-state index contributed by atoms with van der Waals surface area (Å²) in [7, 11) is 1.62. The number of fused-ring (bicyclic) bond motifs is 1. The van der Waals surface area contributed by atoms with Crippen molar-refractivity contribution >= 4 is 16.7 Å². The van der Waals surface area contributed by atoms with Gasteiger partial charge in [-0.2, -0.15) is 0 Å². The summed E-state index contributed by atoms with van der Waals surface area (Å²) in [5.74, 6) is 0.962. The van der Waals surface area contributed by atoms with E-state index in [1.54, 1.807) is 13.2 Å². The molecule has 0 spiro atoms. The monoisotopic (exact) mass is 258 g/mol. The molecule has 0 aliphatic carbocycles. The number of methoxy groups -OCH3 is 1. The van der Waals surface area contributed by atoms with E-state index in [1.165, 1.54) is 0 Å². The van der Waals surface area contributed by atoms with E-state index in [2.05, 4.69) is 9.83 Å². The highest BCUT2D eigenvalue weighted by molar-refractivity contribution is 5.85. The fraction of sp³-hybridized carbons (Fsp3) is 0.286. The third-order valence-electron chi connectivity index (χ3n) is 2.51. The fourth-order valence-electron chi connectivity index (χ4n) is 1.59. The molecule has 0 bridgehead atoms. The molecule has 98 valence electrons. The van der Waals surface area contributed by atoms with Gasteiger partial charge in [0.25, 0.3) is 5.82 Å². The van der Waals surface area contributed by atoms with Crippen LogP contribution in [0.4, 0.5) is 5.82 Å². The molecule has 2 aromatic rings. The van der Waals surface area contributed by atoms with Crippen molar-refractivity contribution in [3.8, 4) is 5.75 Å². The summed E-state index contributed by atoms with van der Waals surface area (Å²) in [5.41, 5.74) is 0.673. The first-order valence-electron chi connectivity index (χ1n) is 5.82. The first-order chi connectivity index (χ1) is 9.35. The molecule has 0 fully saturated rings. The van der Waals surface area contributed by atoms with Gasteiger partial charge in [0.05, 0.1) is 13.2 Å². The van der Waals surface area contributed by atoms with E-state index in [0.717, 1.165) is 5.39 Å². The van der Waals surface area contributed by atoms with Crippen LogP contribution in [0.2, 0.25) is 0 Å². The van der Waals surface area contributed by atoms with E-state index < -0.39 is 0 Å². The third kappa shape index (κ3) is 3.41. The van der Waals surface area contributed by atoms with Gasteiger partial charge in [-0.1, -0.05) is 24.8 Å². The van der Waals surface area contributed by atoms with Crippen molar-refractivity contribution in [2.45, 2.75) is 0 Å². The van der Waals surface area contributed by atoms with Gasteiger partial charge in [-0.3, -0.25) is 0 Å². The van der Waals surface area contributed by atoms with Crippen LogP contribution in [0, 0.1) is 6.57 Å². The van der Waals surface area contributed by atoms with Crippen molar-refractivity contribution in [3.63, 3.8) is 0 Å². The van der Waals surface area contributed by atoms with E-state index in [9.17, 15) is 0 Å². The lowest BCUT2D eigenvalue weighted by atomic mass is 10.2. The highest BCUT2D eigenvalue weighted by atomic mass is 16.7. The van der Waals surface area contributed by atoms with Gasteiger partial charge < -0.3 is 19.1 Å². The van der Waals surface area contributed by atoms with E-state index in [0.29, 0.717) is 30.3 Å². The summed E-state index contributed by atoms with van der Waals surface area (Å²) in [6.07, 6.45) is 0. The Labute approximate surface area is 111 Å². The second-order valence-electron chi connectivity index (χ2n) is 3.77. The molecule has 0 saturated carbocycles. The second-order valence-corrected chi connectivity index (χ2v) is 3.77. The summed E-state index contributed by atoms with van der Waals surface area (Å²) in [6, 6.07) is 9.16. The number of benzene rings is 1. The van der Waals surface area contributed by atoms with Gasteiger partial charge in [0.2, 0.25) is 5.52 Å². The quantitative estimate of drug-likeness (QED) is 0.454. The normalized spacial score (nSPS) is 10.3. The van der Waals surface area contributed by atoms with Crippen LogP contribution in [-0.2, 0) is 9.47 Å². The Balaban J connectivity index is 2.11. The molecule has 1 heterocycles. The van der Waals surface area contributed by atoms with Crippen LogP contribution < -0.4 is 4.74 Å². The molecule has 1 aromatic heterocycles. The van der Waals surface area contributed by atoms with Crippen molar-refractivity contribution in [3.05, 3.63) is 41.7 Å². The molecule has 19 heavy (non-hydrogen) atoms. The number of hydrogen-bond acceptors (Lipinski definition) is 4. The minimum atomic E-state index is 0.131. The maximum absolute atomic E-state index is 6.99. The average Bonchev–Trinajstić information content (AvgIpc) is 2.46. The molecule has 2 rings (SSSR count). The number of nitrogens with zero attached hydrogens (tertiary/aromatic N) is 2. The van der Waals surface area contributed by atoms with Gasteiger partial charge in [-0.15, -0.1) is 4.98 Å². The van der Waals surface area contributed by atoms with Crippen LogP contribution in [0.1, 0.15) is 0 Å². The van der Waals surface area contributed by atoms with Crippen LogP contribution in [0.5, 0.6) is 5.75 Å². The van der Waals surface area contributed by atoms with Gasteiger partial charge in [-0.05, 0) is 12.1 Å². The summed E-state index contributed by atoms with van der Waals surface area (Å²) < 4.78 is 15.6. The maximum atomic E-state index is 6.99. The number of ether oxygens (including phenoxy) is 3. The number of aromatic nitrogens is 1. The Bertz CT molecular complexity index is 593. The Morgan fingerprint density at radius 3 is 2.89 bits per heavy atom. The molecular weight excluding hydrogens is 244 g/mol. The minimum absolute atomic E-state index is 0.131. The zero-order chi connectivity index (χ0) is 13.5. The van der Waals surface area contributed by atoms with Gasteiger partial charge >= 0.3 is 0 Å². The molecule has 0 atom stereocenters. The van der Waals surface area contributed by atoms with Crippen molar-refractivity contribution in [1.29, 1.82) is 0 Å². The molecule has 0 amide bonds. The van der Waals surface area contributed by atoms with E-state index in [4.69, 9.17) is 20.8 Å². The summed E-state index contributed by atoms with van der Waals surface area (Å²) >= 11 is 0. The lowest BCUT2D eigenvalue weighted by Crippen LogP contribution is -2.08. The molecule has 0 N–H and O–H groups in total. The highest BCUT2D eigenvalue weighted by Crippen LogP contribution is 2.26. The molecule has 1 aromatic carbocycles. The predicted octanol–water partition coefficient (Wildman–Crippen LogP) is 2.78. The van der Waals surface area contributed by atoms with Crippen molar-refractivity contribution in [2.24, 2.45) is 0 Å². The van der Waals surface area contributed by atoms with Crippen LogP contribution in [-0.4, -0.2) is 32.1 Å². The Morgan fingerprint density at radius 2 is 2.11 bits per heavy atom. The van der Waals surface area contributed by atoms with Gasteiger partial charge in [0, 0.05) is 12.5 Å². The van der Waals surface area contributed by atoms with Crippen LogP contribution >= 0.6 is 0 Å². The number of para-hydroxylation sites is 1. The lowest BCUT2D eigenvalue weighted by molar-refractivity contribution is -0.00787. The summed E-state index contributed by atoms with van der Waals surface area (Å²) in [4.78, 5) is 7.57. The Morgan fingerprint density at radius 1 is 1.21 bits per heavy atom. The summed E-state index contributed by atoms with van der Waals surface area (Å²) in [5, 5.41) is 0.932. The molecule has 5 heteroatoms. The number of rotatable bonds is 6. The number of hydrogen-bond donors (Lipinski definition) is 0. The minimum Gasteiger partial charge on any atom is -0.463 e. The largest absolute Gasteiger partial charge is 0.463 e. The topological polar surface area (TPSA) is 44.9 Å². The molecule has 5 nitrogen and oxygen atoms in total. The molecular formula is C14H14N2O3. The predicted molar refractivity (Wildman–Crippen MR) is 71.3 cm³/mol. The zero-order valence-electron chi connectivity index (χ0n) is 10.6. The molecule has 0 radical (unpaired) electrons. The SMILES string of the molecule is [C-]#[N+]c1ccc2cccc(OCOCCOC)c2n1.